The molecule has 0 radical (unpaired) electrons. The lowest BCUT2D eigenvalue weighted by molar-refractivity contribution is -0.116. The predicted molar refractivity (Wildman–Crippen MR) is 68.9 cm³/mol. The standard InChI is InChI=1S/C11H13N5OS/c12-9(8-4-2-1-3-5-8)6-7-10(17)13-11-14-15-16-18-11/h1-5,9H,6-7,12H2,(H,13,14,16,17). The van der Waals surface area contributed by atoms with Gasteiger partial charge in [-0.25, -0.2) is 0 Å². The van der Waals surface area contributed by atoms with Crippen molar-refractivity contribution in [3.05, 3.63) is 35.9 Å². The number of anilines is 1. The second-order valence-corrected chi connectivity index (χ2v) is 4.50. The highest BCUT2D eigenvalue weighted by Gasteiger charge is 2.10. The molecule has 7 heteroatoms. The number of hydrogen-bond acceptors (Lipinski definition) is 6. The summed E-state index contributed by atoms with van der Waals surface area (Å²) in [5.74, 6) is -0.125. The zero-order valence-electron chi connectivity index (χ0n) is 9.61. The minimum absolute atomic E-state index is 0.125. The van der Waals surface area contributed by atoms with E-state index in [0.717, 1.165) is 17.1 Å². The van der Waals surface area contributed by atoms with Gasteiger partial charge in [0.05, 0.1) is 0 Å². The van der Waals surface area contributed by atoms with Gasteiger partial charge in [0, 0.05) is 24.0 Å². The van der Waals surface area contributed by atoms with E-state index < -0.39 is 0 Å². The second kappa shape index (κ2) is 6.18. The van der Waals surface area contributed by atoms with Crippen molar-refractivity contribution >= 4 is 22.6 Å². The van der Waals surface area contributed by atoms with Crippen LogP contribution in [0.4, 0.5) is 5.13 Å². The van der Waals surface area contributed by atoms with E-state index in [1.54, 1.807) is 0 Å². The normalized spacial score (nSPS) is 12.1. The molecular weight excluding hydrogens is 250 g/mol. The van der Waals surface area contributed by atoms with Crippen LogP contribution < -0.4 is 11.1 Å². The van der Waals surface area contributed by atoms with Gasteiger partial charge in [0.25, 0.3) is 0 Å². The van der Waals surface area contributed by atoms with Crippen LogP contribution in [0.25, 0.3) is 0 Å². The molecule has 0 saturated carbocycles. The second-order valence-electron chi connectivity index (χ2n) is 3.77. The molecule has 0 saturated heterocycles. The molecule has 0 aliphatic carbocycles. The first-order valence-electron chi connectivity index (χ1n) is 5.51. The zero-order valence-corrected chi connectivity index (χ0v) is 10.4. The number of nitrogens with two attached hydrogens (primary N) is 1. The Morgan fingerprint density at radius 3 is 2.83 bits per heavy atom. The van der Waals surface area contributed by atoms with E-state index in [1.807, 2.05) is 30.3 Å². The number of hydrogen-bond donors (Lipinski definition) is 2. The minimum atomic E-state index is -0.135. The molecule has 1 atom stereocenters. The summed E-state index contributed by atoms with van der Waals surface area (Å²) in [6, 6.07) is 9.58. The average molecular weight is 263 g/mol. The van der Waals surface area contributed by atoms with Crippen molar-refractivity contribution in [1.82, 2.24) is 14.8 Å². The van der Waals surface area contributed by atoms with E-state index in [9.17, 15) is 4.79 Å². The SMILES string of the molecule is NC(CCC(=O)Nc1nnns1)c1ccccc1. The van der Waals surface area contributed by atoms with Gasteiger partial charge < -0.3 is 5.73 Å². The summed E-state index contributed by atoms with van der Waals surface area (Å²) in [6.45, 7) is 0. The molecule has 2 rings (SSSR count). The van der Waals surface area contributed by atoms with E-state index in [0.29, 0.717) is 18.0 Å². The Labute approximate surface area is 108 Å². The van der Waals surface area contributed by atoms with Gasteiger partial charge in [-0.15, -0.1) is 0 Å². The molecule has 6 nitrogen and oxygen atoms in total. The van der Waals surface area contributed by atoms with Crippen molar-refractivity contribution in [1.29, 1.82) is 0 Å². The van der Waals surface area contributed by atoms with E-state index >= 15 is 0 Å². The summed E-state index contributed by atoms with van der Waals surface area (Å²) in [6.07, 6.45) is 0.928. The molecule has 1 aromatic carbocycles. The first-order chi connectivity index (χ1) is 8.75. The summed E-state index contributed by atoms with van der Waals surface area (Å²) in [5, 5.41) is 10.1. The van der Waals surface area contributed by atoms with Gasteiger partial charge in [-0.1, -0.05) is 39.9 Å². The number of nitrogens with one attached hydrogen (secondary N) is 1. The summed E-state index contributed by atoms with van der Waals surface area (Å²) in [5.41, 5.74) is 7.03. The topological polar surface area (TPSA) is 93.8 Å². The van der Waals surface area contributed by atoms with Crippen LogP contribution in [0.15, 0.2) is 30.3 Å². The molecule has 1 unspecified atom stereocenters. The van der Waals surface area contributed by atoms with Crippen LogP contribution in [0.1, 0.15) is 24.4 Å². The van der Waals surface area contributed by atoms with Crippen LogP contribution in [0.2, 0.25) is 0 Å². The van der Waals surface area contributed by atoms with Crippen LogP contribution in [0.5, 0.6) is 0 Å². The van der Waals surface area contributed by atoms with Crippen LogP contribution in [0.3, 0.4) is 0 Å². The van der Waals surface area contributed by atoms with E-state index in [-0.39, 0.29) is 11.9 Å². The van der Waals surface area contributed by atoms with Gasteiger partial charge >= 0.3 is 0 Å². The van der Waals surface area contributed by atoms with Crippen molar-refractivity contribution in [3.63, 3.8) is 0 Å². The van der Waals surface area contributed by atoms with Crippen LogP contribution in [-0.4, -0.2) is 20.7 Å². The lowest BCUT2D eigenvalue weighted by Gasteiger charge is -2.10. The lowest BCUT2D eigenvalue weighted by atomic mass is 10.0. The van der Waals surface area contributed by atoms with Crippen LogP contribution in [-0.2, 0) is 4.79 Å². The number of rotatable bonds is 5. The van der Waals surface area contributed by atoms with E-state index in [2.05, 4.69) is 20.1 Å². The average Bonchev–Trinajstić information content (AvgIpc) is 2.90. The maximum Gasteiger partial charge on any atom is 0.231 e. The van der Waals surface area contributed by atoms with Crippen molar-refractivity contribution in [2.75, 3.05) is 5.32 Å². The third kappa shape index (κ3) is 3.57. The number of aromatic nitrogens is 3. The Kier molecular flexibility index (Phi) is 4.32. The molecule has 18 heavy (non-hydrogen) atoms. The monoisotopic (exact) mass is 263 g/mol. The van der Waals surface area contributed by atoms with E-state index in [4.69, 9.17) is 5.73 Å². The number of amides is 1. The summed E-state index contributed by atoms with van der Waals surface area (Å²) in [4.78, 5) is 11.6. The van der Waals surface area contributed by atoms with E-state index in [1.165, 1.54) is 0 Å². The van der Waals surface area contributed by atoms with Gasteiger partial charge in [0.15, 0.2) is 0 Å². The van der Waals surface area contributed by atoms with Gasteiger partial charge in [-0.3, -0.25) is 10.1 Å². The van der Waals surface area contributed by atoms with Crippen molar-refractivity contribution in [2.45, 2.75) is 18.9 Å². The maximum absolute atomic E-state index is 11.6. The Morgan fingerprint density at radius 2 is 2.17 bits per heavy atom. The zero-order chi connectivity index (χ0) is 12.8. The lowest BCUT2D eigenvalue weighted by Crippen LogP contribution is -2.16. The minimum Gasteiger partial charge on any atom is -0.324 e. The summed E-state index contributed by atoms with van der Waals surface area (Å²) < 4.78 is 3.56. The molecule has 1 amide bonds. The highest BCUT2D eigenvalue weighted by atomic mass is 32.1. The number of carbonyl (C=O) groups is 1. The smallest absolute Gasteiger partial charge is 0.231 e. The van der Waals surface area contributed by atoms with Gasteiger partial charge in [-0.05, 0) is 17.2 Å². The fourth-order valence-corrected chi connectivity index (χ4v) is 1.90. The molecule has 0 spiro atoms. The van der Waals surface area contributed by atoms with Crippen LogP contribution >= 0.6 is 11.5 Å². The molecule has 3 N–H and O–H groups in total. The first-order valence-corrected chi connectivity index (χ1v) is 6.28. The number of carbonyl (C=O) groups excluding carboxylic acids is 1. The summed E-state index contributed by atoms with van der Waals surface area (Å²) in [7, 11) is 0. The largest absolute Gasteiger partial charge is 0.324 e. The molecule has 0 bridgehead atoms. The van der Waals surface area contributed by atoms with Gasteiger partial charge in [0.1, 0.15) is 0 Å². The molecule has 0 fully saturated rings. The van der Waals surface area contributed by atoms with Crippen molar-refractivity contribution < 1.29 is 4.79 Å². The highest BCUT2D eigenvalue weighted by Crippen LogP contribution is 2.15. The molecule has 94 valence electrons. The predicted octanol–water partition coefficient (Wildman–Crippen LogP) is 1.35. The Morgan fingerprint density at radius 1 is 1.39 bits per heavy atom. The maximum atomic E-state index is 11.6. The highest BCUT2D eigenvalue weighted by molar-refractivity contribution is 7.09. The van der Waals surface area contributed by atoms with Crippen molar-refractivity contribution in [2.24, 2.45) is 5.73 Å². The number of benzene rings is 1. The molecular formula is C11H13N5OS. The third-order valence-corrected chi connectivity index (χ3v) is 2.97. The fraction of sp³-hybridized carbons (Fsp3) is 0.273. The quantitative estimate of drug-likeness (QED) is 0.849. The number of nitrogens with zero attached hydrogens (tertiary/aromatic N) is 3. The molecule has 2 aromatic rings. The molecule has 0 aliphatic heterocycles. The Bertz CT molecular complexity index is 487. The van der Waals surface area contributed by atoms with Gasteiger partial charge in [0.2, 0.25) is 11.0 Å². The van der Waals surface area contributed by atoms with Crippen molar-refractivity contribution in [3.8, 4) is 0 Å². The summed E-state index contributed by atoms with van der Waals surface area (Å²) >= 11 is 1.05. The molecule has 1 heterocycles. The van der Waals surface area contributed by atoms with Crippen LogP contribution in [0, 0.1) is 0 Å². The van der Waals surface area contributed by atoms with Gasteiger partial charge in [-0.2, -0.15) is 0 Å². The Hall–Kier alpha value is -1.86. The fourth-order valence-electron chi connectivity index (χ4n) is 1.52. The first kappa shape index (κ1) is 12.6. The third-order valence-electron chi connectivity index (χ3n) is 2.46. The Balaban J connectivity index is 1.79. The molecule has 1 aromatic heterocycles. The molecule has 0 aliphatic rings.